The minimum Gasteiger partial charge on any atom is -0.388 e. The summed E-state index contributed by atoms with van der Waals surface area (Å²) in [4.78, 5) is 0. The number of aliphatic hydroxyl groups is 2. The molecule has 0 spiro atoms. The van der Waals surface area contributed by atoms with Crippen molar-refractivity contribution in [1.82, 2.24) is 0 Å². The number of benzene rings is 1. The Bertz CT molecular complexity index is 450. The molecule has 0 heterocycles. The standard InChI is InChI=1S/C17H25NO2/c18-12-8-16(19)15-6-4-5-14(13-15)7-11-17(20)9-2-1-3-10-17/h4-7,11,13,16,19-20H,1-3,8-10,12,18H2/b11-7+/t16-/m1/s1. The summed E-state index contributed by atoms with van der Waals surface area (Å²) in [5, 5.41) is 20.4. The van der Waals surface area contributed by atoms with E-state index in [9.17, 15) is 10.2 Å². The van der Waals surface area contributed by atoms with Crippen molar-refractivity contribution in [3.63, 3.8) is 0 Å². The zero-order chi connectivity index (χ0) is 14.4. The number of nitrogens with two attached hydrogens (primary N) is 1. The predicted molar refractivity (Wildman–Crippen MR) is 82.1 cm³/mol. The highest BCUT2D eigenvalue weighted by Gasteiger charge is 2.25. The van der Waals surface area contributed by atoms with E-state index in [1.807, 2.05) is 36.4 Å². The lowest BCUT2D eigenvalue weighted by Crippen LogP contribution is -2.28. The molecule has 1 atom stereocenters. The first-order valence-electron chi connectivity index (χ1n) is 7.53. The summed E-state index contributed by atoms with van der Waals surface area (Å²) >= 11 is 0. The van der Waals surface area contributed by atoms with E-state index in [1.165, 1.54) is 6.42 Å². The van der Waals surface area contributed by atoms with Crippen molar-refractivity contribution in [3.8, 4) is 0 Å². The molecule has 1 aromatic carbocycles. The van der Waals surface area contributed by atoms with E-state index >= 15 is 0 Å². The van der Waals surface area contributed by atoms with Crippen LogP contribution in [0.4, 0.5) is 0 Å². The predicted octanol–water partition coefficient (Wildman–Crippen LogP) is 2.78. The molecule has 4 N–H and O–H groups in total. The van der Waals surface area contributed by atoms with Crippen LogP contribution in [0.15, 0.2) is 30.3 Å². The maximum Gasteiger partial charge on any atom is 0.0830 e. The molecule has 1 aliphatic carbocycles. The SMILES string of the molecule is NCC[C@@H](O)c1cccc(/C=C/C2(O)CCCCC2)c1. The third-order valence-electron chi connectivity index (χ3n) is 4.04. The van der Waals surface area contributed by atoms with Gasteiger partial charge < -0.3 is 15.9 Å². The van der Waals surface area contributed by atoms with Gasteiger partial charge in [0.1, 0.15) is 0 Å². The van der Waals surface area contributed by atoms with Gasteiger partial charge in [0.05, 0.1) is 11.7 Å². The zero-order valence-electron chi connectivity index (χ0n) is 12.0. The number of aliphatic hydroxyl groups excluding tert-OH is 1. The van der Waals surface area contributed by atoms with E-state index < -0.39 is 11.7 Å². The second kappa shape index (κ2) is 7.02. The topological polar surface area (TPSA) is 66.5 Å². The van der Waals surface area contributed by atoms with Crippen molar-refractivity contribution in [2.24, 2.45) is 5.73 Å². The minimum absolute atomic E-state index is 0.473. The fourth-order valence-corrected chi connectivity index (χ4v) is 2.78. The van der Waals surface area contributed by atoms with Crippen molar-refractivity contribution in [3.05, 3.63) is 41.5 Å². The maximum absolute atomic E-state index is 10.4. The number of rotatable bonds is 5. The highest BCUT2D eigenvalue weighted by molar-refractivity contribution is 5.52. The van der Waals surface area contributed by atoms with Crippen molar-refractivity contribution in [2.45, 2.75) is 50.2 Å². The van der Waals surface area contributed by atoms with Crippen LogP contribution in [0.3, 0.4) is 0 Å². The Morgan fingerprint density at radius 3 is 2.70 bits per heavy atom. The van der Waals surface area contributed by atoms with Crippen molar-refractivity contribution in [2.75, 3.05) is 6.54 Å². The van der Waals surface area contributed by atoms with Crippen LogP contribution in [0.25, 0.3) is 6.08 Å². The van der Waals surface area contributed by atoms with Gasteiger partial charge in [0.25, 0.3) is 0 Å². The molecule has 0 aromatic heterocycles. The Morgan fingerprint density at radius 2 is 2.00 bits per heavy atom. The zero-order valence-corrected chi connectivity index (χ0v) is 12.0. The molecule has 0 bridgehead atoms. The summed E-state index contributed by atoms with van der Waals surface area (Å²) in [5.41, 5.74) is 6.72. The van der Waals surface area contributed by atoms with Gasteiger partial charge in [-0.15, -0.1) is 0 Å². The molecule has 0 radical (unpaired) electrons. The molecule has 20 heavy (non-hydrogen) atoms. The van der Waals surface area contributed by atoms with Gasteiger partial charge in [-0.2, -0.15) is 0 Å². The van der Waals surface area contributed by atoms with E-state index in [0.717, 1.165) is 36.8 Å². The first kappa shape index (κ1) is 15.2. The van der Waals surface area contributed by atoms with Gasteiger partial charge >= 0.3 is 0 Å². The molecule has 0 saturated heterocycles. The molecule has 1 aliphatic rings. The third-order valence-corrected chi connectivity index (χ3v) is 4.04. The lowest BCUT2D eigenvalue weighted by Gasteiger charge is -2.28. The first-order valence-corrected chi connectivity index (χ1v) is 7.53. The average Bonchev–Trinajstić information content (AvgIpc) is 2.47. The van der Waals surface area contributed by atoms with E-state index in [-0.39, 0.29) is 0 Å². The molecule has 0 aliphatic heterocycles. The molecular formula is C17H25NO2. The van der Waals surface area contributed by atoms with E-state index in [0.29, 0.717) is 13.0 Å². The van der Waals surface area contributed by atoms with Crippen LogP contribution >= 0.6 is 0 Å². The van der Waals surface area contributed by atoms with Gasteiger partial charge in [-0.1, -0.05) is 49.6 Å². The van der Waals surface area contributed by atoms with Crippen LogP contribution in [0.2, 0.25) is 0 Å². The Kier molecular flexibility index (Phi) is 5.35. The number of hydrogen-bond acceptors (Lipinski definition) is 3. The molecule has 3 nitrogen and oxygen atoms in total. The summed E-state index contributed by atoms with van der Waals surface area (Å²) in [6.07, 6.45) is 9.04. The van der Waals surface area contributed by atoms with Gasteiger partial charge in [-0.05, 0) is 43.0 Å². The maximum atomic E-state index is 10.4. The average molecular weight is 275 g/mol. The van der Waals surface area contributed by atoms with E-state index in [2.05, 4.69) is 0 Å². The molecule has 1 saturated carbocycles. The van der Waals surface area contributed by atoms with Gasteiger partial charge in [-0.25, -0.2) is 0 Å². The minimum atomic E-state index is -0.649. The van der Waals surface area contributed by atoms with Crippen LogP contribution in [0.1, 0.15) is 55.8 Å². The van der Waals surface area contributed by atoms with Crippen LogP contribution < -0.4 is 5.73 Å². The van der Waals surface area contributed by atoms with Crippen molar-refractivity contribution in [1.29, 1.82) is 0 Å². The molecule has 1 fully saturated rings. The Hall–Kier alpha value is -1.16. The van der Waals surface area contributed by atoms with Gasteiger partial charge in [-0.3, -0.25) is 0 Å². The second-order valence-corrected chi connectivity index (χ2v) is 5.76. The van der Waals surface area contributed by atoms with Crippen LogP contribution in [0, 0.1) is 0 Å². The quantitative estimate of drug-likeness (QED) is 0.774. The molecule has 0 amide bonds. The third kappa shape index (κ3) is 4.17. The fraction of sp³-hybridized carbons (Fsp3) is 0.529. The summed E-state index contributed by atoms with van der Waals surface area (Å²) in [6.45, 7) is 0.473. The van der Waals surface area contributed by atoms with E-state index in [4.69, 9.17) is 5.73 Å². The van der Waals surface area contributed by atoms with Crippen molar-refractivity contribution >= 4 is 6.08 Å². The Balaban J connectivity index is 2.07. The van der Waals surface area contributed by atoms with Crippen molar-refractivity contribution < 1.29 is 10.2 Å². The van der Waals surface area contributed by atoms with Crippen LogP contribution in [0.5, 0.6) is 0 Å². The molecular weight excluding hydrogens is 250 g/mol. The second-order valence-electron chi connectivity index (χ2n) is 5.76. The lowest BCUT2D eigenvalue weighted by molar-refractivity contribution is 0.0521. The normalized spacial score (nSPS) is 20.1. The highest BCUT2D eigenvalue weighted by atomic mass is 16.3. The Labute approximate surface area is 121 Å². The van der Waals surface area contributed by atoms with Crippen LogP contribution in [-0.2, 0) is 0 Å². The lowest BCUT2D eigenvalue weighted by atomic mass is 9.84. The monoisotopic (exact) mass is 275 g/mol. The largest absolute Gasteiger partial charge is 0.388 e. The summed E-state index contributed by atoms with van der Waals surface area (Å²) in [5.74, 6) is 0. The van der Waals surface area contributed by atoms with E-state index in [1.54, 1.807) is 0 Å². The fourth-order valence-electron chi connectivity index (χ4n) is 2.78. The van der Waals surface area contributed by atoms with Gasteiger partial charge in [0, 0.05) is 0 Å². The molecule has 3 heteroatoms. The first-order chi connectivity index (χ1) is 9.63. The molecule has 0 unspecified atom stereocenters. The Morgan fingerprint density at radius 1 is 1.25 bits per heavy atom. The summed E-state index contributed by atoms with van der Waals surface area (Å²) in [6, 6.07) is 7.79. The molecule has 2 rings (SSSR count). The number of hydrogen-bond donors (Lipinski definition) is 3. The molecule has 110 valence electrons. The molecule has 1 aromatic rings. The smallest absolute Gasteiger partial charge is 0.0830 e. The van der Waals surface area contributed by atoms with Gasteiger partial charge in [0.15, 0.2) is 0 Å². The highest BCUT2D eigenvalue weighted by Crippen LogP contribution is 2.30. The summed E-state index contributed by atoms with van der Waals surface area (Å²) in [7, 11) is 0. The van der Waals surface area contributed by atoms with Crippen LogP contribution in [-0.4, -0.2) is 22.4 Å². The van der Waals surface area contributed by atoms with Gasteiger partial charge in [0.2, 0.25) is 0 Å². The summed E-state index contributed by atoms with van der Waals surface area (Å²) < 4.78 is 0.